The van der Waals surface area contributed by atoms with Gasteiger partial charge < -0.3 is 19.9 Å². The van der Waals surface area contributed by atoms with E-state index in [9.17, 15) is 0 Å². The van der Waals surface area contributed by atoms with E-state index in [4.69, 9.17) is 4.74 Å². The van der Waals surface area contributed by atoms with E-state index in [1.807, 2.05) is 49.4 Å². The zero-order valence-electron chi connectivity index (χ0n) is 15.5. The van der Waals surface area contributed by atoms with Gasteiger partial charge >= 0.3 is 0 Å². The number of nitrogens with one attached hydrogen (secondary N) is 2. The van der Waals surface area contributed by atoms with Gasteiger partial charge in [-0.25, -0.2) is 4.98 Å². The molecule has 3 rings (SSSR count). The second-order valence-corrected chi connectivity index (χ2v) is 6.00. The average molecular weight is 351 g/mol. The molecule has 0 saturated carbocycles. The van der Waals surface area contributed by atoms with Gasteiger partial charge in [0.2, 0.25) is 0 Å². The summed E-state index contributed by atoms with van der Waals surface area (Å²) in [6.45, 7) is 4.34. The van der Waals surface area contributed by atoms with E-state index < -0.39 is 0 Å². The van der Waals surface area contributed by atoms with Crippen molar-refractivity contribution in [1.82, 2.24) is 20.2 Å². The number of fused-ring (bicyclic) bond motifs is 1. The summed E-state index contributed by atoms with van der Waals surface area (Å²) < 4.78 is 7.40. The van der Waals surface area contributed by atoms with Crippen LogP contribution in [0.1, 0.15) is 11.4 Å². The van der Waals surface area contributed by atoms with Crippen molar-refractivity contribution in [2.24, 2.45) is 4.99 Å². The second-order valence-electron chi connectivity index (χ2n) is 6.00. The van der Waals surface area contributed by atoms with Gasteiger partial charge in [-0.05, 0) is 36.8 Å². The van der Waals surface area contributed by atoms with Gasteiger partial charge in [-0.15, -0.1) is 0 Å². The summed E-state index contributed by atoms with van der Waals surface area (Å²) in [7, 11) is 3.45. The minimum atomic E-state index is 0.705. The molecule has 3 aromatic rings. The maximum Gasteiger partial charge on any atom is 0.191 e. The van der Waals surface area contributed by atoms with Gasteiger partial charge in [0.25, 0.3) is 0 Å². The molecule has 1 aromatic heterocycles. The molecule has 0 spiro atoms. The highest BCUT2D eigenvalue weighted by atomic mass is 16.5. The van der Waals surface area contributed by atoms with Gasteiger partial charge in [0.1, 0.15) is 11.6 Å². The summed E-state index contributed by atoms with van der Waals surface area (Å²) >= 11 is 0. The van der Waals surface area contributed by atoms with Crippen LogP contribution < -0.4 is 15.4 Å². The van der Waals surface area contributed by atoms with Crippen molar-refractivity contribution >= 4 is 17.0 Å². The van der Waals surface area contributed by atoms with Crippen molar-refractivity contribution in [3.05, 3.63) is 59.9 Å². The molecule has 136 valence electrons. The normalized spacial score (nSPS) is 11.6. The topological polar surface area (TPSA) is 63.5 Å². The van der Waals surface area contributed by atoms with Crippen LogP contribution in [-0.2, 0) is 13.1 Å². The minimum absolute atomic E-state index is 0.705. The van der Waals surface area contributed by atoms with Crippen LogP contribution in [0.4, 0.5) is 0 Å². The quantitative estimate of drug-likeness (QED) is 0.529. The number of guanidine groups is 1. The van der Waals surface area contributed by atoms with Gasteiger partial charge in [0, 0.05) is 26.7 Å². The Balaban J connectivity index is 1.53. The lowest BCUT2D eigenvalue weighted by atomic mass is 10.2. The smallest absolute Gasteiger partial charge is 0.191 e. The number of hydrogen-bond donors (Lipinski definition) is 2. The van der Waals surface area contributed by atoms with Crippen LogP contribution in [0.5, 0.6) is 5.75 Å². The molecule has 2 aromatic carbocycles. The number of aliphatic imine (C=N–C) groups is 1. The number of para-hydroxylation sites is 2. The standard InChI is InChI=1S/C20H25N5O/c1-15-24-18-6-4-5-7-19(18)25(15)13-12-22-20(21-2)23-14-16-8-10-17(26-3)11-9-16/h4-11H,12-14H2,1-3H3,(H2,21,22,23). The van der Waals surface area contributed by atoms with E-state index in [2.05, 4.69) is 31.2 Å². The third-order valence-electron chi connectivity index (χ3n) is 4.32. The molecule has 0 amide bonds. The van der Waals surface area contributed by atoms with Crippen molar-refractivity contribution in [3.63, 3.8) is 0 Å². The zero-order valence-corrected chi connectivity index (χ0v) is 15.5. The highest BCUT2D eigenvalue weighted by molar-refractivity contribution is 5.79. The van der Waals surface area contributed by atoms with E-state index in [1.54, 1.807) is 14.2 Å². The van der Waals surface area contributed by atoms with Crippen molar-refractivity contribution in [2.45, 2.75) is 20.0 Å². The molecule has 0 fully saturated rings. The summed E-state index contributed by atoms with van der Waals surface area (Å²) in [6, 6.07) is 16.2. The lowest BCUT2D eigenvalue weighted by molar-refractivity contribution is 0.414. The Morgan fingerprint density at radius 2 is 1.88 bits per heavy atom. The minimum Gasteiger partial charge on any atom is -0.497 e. The Morgan fingerprint density at radius 3 is 2.62 bits per heavy atom. The highest BCUT2D eigenvalue weighted by Crippen LogP contribution is 2.14. The third-order valence-corrected chi connectivity index (χ3v) is 4.32. The summed E-state index contributed by atoms with van der Waals surface area (Å²) in [5.41, 5.74) is 3.37. The summed E-state index contributed by atoms with van der Waals surface area (Å²) in [5.74, 6) is 2.66. The van der Waals surface area contributed by atoms with Crippen LogP contribution in [0.3, 0.4) is 0 Å². The van der Waals surface area contributed by atoms with Crippen LogP contribution in [0, 0.1) is 6.92 Å². The molecule has 1 heterocycles. The first-order chi connectivity index (χ1) is 12.7. The lowest BCUT2D eigenvalue weighted by Crippen LogP contribution is -2.38. The summed E-state index contributed by atoms with van der Waals surface area (Å²) in [4.78, 5) is 8.89. The van der Waals surface area contributed by atoms with Gasteiger partial charge in [-0.1, -0.05) is 24.3 Å². The molecule has 0 unspecified atom stereocenters. The molecule has 2 N–H and O–H groups in total. The first-order valence-electron chi connectivity index (χ1n) is 8.70. The molecular weight excluding hydrogens is 326 g/mol. The lowest BCUT2D eigenvalue weighted by Gasteiger charge is -2.13. The number of methoxy groups -OCH3 is 1. The number of rotatable bonds is 6. The Bertz CT molecular complexity index is 883. The number of imidazole rings is 1. The second kappa shape index (κ2) is 8.38. The molecule has 0 aliphatic carbocycles. The van der Waals surface area contributed by atoms with Crippen LogP contribution in [0.25, 0.3) is 11.0 Å². The third kappa shape index (κ3) is 4.14. The van der Waals surface area contributed by atoms with Gasteiger partial charge in [0.15, 0.2) is 5.96 Å². The SMILES string of the molecule is CN=C(NCCn1c(C)nc2ccccc21)NCc1ccc(OC)cc1. The van der Waals surface area contributed by atoms with E-state index in [-0.39, 0.29) is 0 Å². The number of benzene rings is 2. The van der Waals surface area contributed by atoms with Crippen LogP contribution in [-0.4, -0.2) is 36.2 Å². The zero-order chi connectivity index (χ0) is 18.4. The van der Waals surface area contributed by atoms with Gasteiger partial charge in [0.05, 0.1) is 18.1 Å². The maximum absolute atomic E-state index is 5.18. The molecular formula is C20H25N5O. The number of nitrogens with zero attached hydrogens (tertiary/aromatic N) is 3. The van der Waals surface area contributed by atoms with E-state index in [1.165, 1.54) is 5.56 Å². The summed E-state index contributed by atoms with van der Waals surface area (Å²) in [6.07, 6.45) is 0. The van der Waals surface area contributed by atoms with Crippen molar-refractivity contribution in [3.8, 4) is 5.75 Å². The van der Waals surface area contributed by atoms with Crippen LogP contribution >= 0.6 is 0 Å². The van der Waals surface area contributed by atoms with Gasteiger partial charge in [-0.3, -0.25) is 4.99 Å². The fourth-order valence-electron chi connectivity index (χ4n) is 2.91. The molecule has 0 saturated heterocycles. The predicted molar refractivity (Wildman–Crippen MR) is 106 cm³/mol. The summed E-state index contributed by atoms with van der Waals surface area (Å²) in [5, 5.41) is 6.69. The van der Waals surface area contributed by atoms with Crippen molar-refractivity contribution in [2.75, 3.05) is 20.7 Å². The molecule has 26 heavy (non-hydrogen) atoms. The Labute approximate surface area is 153 Å². The molecule has 0 aliphatic heterocycles. The predicted octanol–water partition coefficient (Wildman–Crippen LogP) is 2.72. The molecule has 0 radical (unpaired) electrons. The van der Waals surface area contributed by atoms with E-state index >= 15 is 0 Å². The largest absolute Gasteiger partial charge is 0.497 e. The van der Waals surface area contributed by atoms with Gasteiger partial charge in [-0.2, -0.15) is 0 Å². The van der Waals surface area contributed by atoms with E-state index in [0.717, 1.165) is 41.7 Å². The van der Waals surface area contributed by atoms with Crippen molar-refractivity contribution < 1.29 is 4.74 Å². The molecule has 0 atom stereocenters. The Morgan fingerprint density at radius 1 is 1.12 bits per heavy atom. The highest BCUT2D eigenvalue weighted by Gasteiger charge is 2.06. The number of ether oxygens (including phenoxy) is 1. The molecule has 6 heteroatoms. The first kappa shape index (κ1) is 17.8. The maximum atomic E-state index is 5.18. The number of aromatic nitrogens is 2. The molecule has 0 bridgehead atoms. The number of hydrogen-bond acceptors (Lipinski definition) is 3. The monoisotopic (exact) mass is 351 g/mol. The van der Waals surface area contributed by atoms with Crippen molar-refractivity contribution in [1.29, 1.82) is 0 Å². The Kier molecular flexibility index (Phi) is 5.73. The fourth-order valence-corrected chi connectivity index (χ4v) is 2.91. The molecule has 0 aliphatic rings. The van der Waals surface area contributed by atoms with Crippen LogP contribution in [0.15, 0.2) is 53.5 Å². The first-order valence-corrected chi connectivity index (χ1v) is 8.70. The van der Waals surface area contributed by atoms with E-state index in [0.29, 0.717) is 6.54 Å². The average Bonchev–Trinajstić information content (AvgIpc) is 3.00. The fraction of sp³-hybridized carbons (Fsp3) is 0.300. The Hall–Kier alpha value is -3.02. The van der Waals surface area contributed by atoms with Crippen LogP contribution in [0.2, 0.25) is 0 Å². The number of aryl methyl sites for hydroxylation is 1. The molecule has 6 nitrogen and oxygen atoms in total.